The van der Waals surface area contributed by atoms with Gasteiger partial charge in [-0.05, 0) is 30.7 Å². The van der Waals surface area contributed by atoms with Crippen molar-refractivity contribution in [3.8, 4) is 28.4 Å². The average molecular weight is 397 g/mol. The molecule has 6 rings (SSSR count). The monoisotopic (exact) mass is 397 g/mol. The number of hydrogen-bond donors (Lipinski definition) is 1. The molecule has 2 unspecified atom stereocenters. The van der Waals surface area contributed by atoms with Gasteiger partial charge in [0, 0.05) is 12.1 Å². The highest BCUT2D eigenvalue weighted by Gasteiger charge is 2.53. The highest BCUT2D eigenvalue weighted by atomic mass is 32.3. The quantitative estimate of drug-likeness (QED) is 0.743. The fraction of sp³-hybridized carbons (Fsp3) is 0.286. The first kappa shape index (κ1) is 16.3. The van der Waals surface area contributed by atoms with Gasteiger partial charge in [-0.3, -0.25) is 4.72 Å². The van der Waals surface area contributed by atoms with Crippen molar-refractivity contribution in [3.05, 3.63) is 47.2 Å². The van der Waals surface area contributed by atoms with Crippen LogP contribution in [-0.4, -0.2) is 31.0 Å². The van der Waals surface area contributed by atoms with Crippen LogP contribution in [0, 0.1) is 0 Å². The predicted octanol–water partition coefficient (Wildman–Crippen LogP) is 3.49. The zero-order valence-electron chi connectivity index (χ0n) is 15.5. The summed E-state index contributed by atoms with van der Waals surface area (Å²) < 4.78 is 27.5. The summed E-state index contributed by atoms with van der Waals surface area (Å²) in [6.07, 6.45) is 3.00. The topological polar surface area (TPSA) is 66.0 Å². The van der Waals surface area contributed by atoms with Gasteiger partial charge in [0.1, 0.15) is 0 Å². The van der Waals surface area contributed by atoms with Gasteiger partial charge in [0.2, 0.25) is 18.0 Å². The lowest BCUT2D eigenvalue weighted by Crippen LogP contribution is -2.40. The van der Waals surface area contributed by atoms with Crippen molar-refractivity contribution in [1.82, 2.24) is 4.72 Å². The molecule has 0 radical (unpaired) electrons. The van der Waals surface area contributed by atoms with E-state index in [1.807, 2.05) is 18.2 Å². The molecule has 2 aromatic rings. The van der Waals surface area contributed by atoms with E-state index in [1.54, 1.807) is 6.92 Å². The lowest BCUT2D eigenvalue weighted by atomic mass is 9.95. The van der Waals surface area contributed by atoms with Crippen molar-refractivity contribution in [2.24, 2.45) is 0 Å². The molecule has 4 heterocycles. The predicted molar refractivity (Wildman–Crippen MR) is 105 cm³/mol. The molecule has 0 spiro atoms. The lowest BCUT2D eigenvalue weighted by Gasteiger charge is -2.49. The summed E-state index contributed by atoms with van der Waals surface area (Å²) in [7, 11) is -1.69. The Morgan fingerprint density at radius 1 is 1.11 bits per heavy atom. The van der Waals surface area contributed by atoms with Crippen LogP contribution >= 0.6 is 10.2 Å². The number of nitrogens with one attached hydrogen (secondary N) is 1. The minimum absolute atomic E-state index is 0.158. The van der Waals surface area contributed by atoms with Crippen LogP contribution in [0.15, 0.2) is 46.6 Å². The third-order valence-electron chi connectivity index (χ3n) is 5.84. The first-order valence-corrected chi connectivity index (χ1v) is 11.4. The van der Waals surface area contributed by atoms with E-state index in [9.17, 15) is 4.79 Å². The molecule has 2 atom stereocenters. The maximum absolute atomic E-state index is 12.3. The largest absolute Gasteiger partial charge is 0.453 e. The van der Waals surface area contributed by atoms with Gasteiger partial charge < -0.3 is 18.9 Å². The molecule has 4 aliphatic rings. The van der Waals surface area contributed by atoms with Crippen LogP contribution in [0.25, 0.3) is 11.1 Å². The number of hydrogen-bond acceptors (Lipinski definition) is 6. The van der Waals surface area contributed by atoms with Crippen molar-refractivity contribution in [3.63, 3.8) is 0 Å². The molecule has 0 saturated heterocycles. The minimum Gasteiger partial charge on any atom is -0.453 e. The summed E-state index contributed by atoms with van der Waals surface area (Å²) in [5, 5.41) is 0. The Kier molecular flexibility index (Phi) is 3.18. The smallest absolute Gasteiger partial charge is 0.338 e. The van der Waals surface area contributed by atoms with Gasteiger partial charge in [0.25, 0.3) is 0 Å². The number of carbonyl (C=O) groups excluding carboxylic acids is 1. The van der Waals surface area contributed by atoms with E-state index in [0.29, 0.717) is 22.8 Å². The standard InChI is InChI=1S/C21H19NO5S/c1-11-15-21(27-20(11)23)28(2)19-13(8-9-22-28)14(12-6-4-3-5-7-12)16-17(18(19)26-15)25-10-24-16/h3-7,21-22H,8-10H2,1-2H3. The van der Waals surface area contributed by atoms with E-state index >= 15 is 0 Å². The highest BCUT2D eigenvalue weighted by Crippen LogP contribution is 2.71. The van der Waals surface area contributed by atoms with Crippen LogP contribution in [0.2, 0.25) is 0 Å². The molecule has 6 nitrogen and oxygen atoms in total. The van der Waals surface area contributed by atoms with Crippen molar-refractivity contribution in [2.75, 3.05) is 19.6 Å². The van der Waals surface area contributed by atoms with Crippen LogP contribution in [0.4, 0.5) is 0 Å². The third-order valence-corrected chi connectivity index (χ3v) is 9.09. The Balaban J connectivity index is 1.71. The Hall–Kier alpha value is -2.64. The molecular weight excluding hydrogens is 378 g/mol. The number of ether oxygens (including phenoxy) is 4. The van der Waals surface area contributed by atoms with Crippen LogP contribution in [-0.2, 0) is 16.0 Å². The zero-order chi connectivity index (χ0) is 19.0. The Morgan fingerprint density at radius 3 is 2.71 bits per heavy atom. The molecule has 2 aromatic carbocycles. The Labute approximate surface area is 163 Å². The molecular formula is C21H19NO5S. The summed E-state index contributed by atoms with van der Waals surface area (Å²) in [5.74, 6) is 2.31. The Bertz CT molecular complexity index is 1080. The molecule has 0 saturated carbocycles. The van der Waals surface area contributed by atoms with E-state index < -0.39 is 15.7 Å². The average Bonchev–Trinajstić information content (AvgIpc) is 3.29. The summed E-state index contributed by atoms with van der Waals surface area (Å²) in [5.41, 5.74) is 3.46. The highest BCUT2D eigenvalue weighted by molar-refractivity contribution is 8.32. The summed E-state index contributed by atoms with van der Waals surface area (Å²) in [6, 6.07) is 10.2. The van der Waals surface area contributed by atoms with Gasteiger partial charge >= 0.3 is 5.97 Å². The molecule has 0 fully saturated rings. The summed E-state index contributed by atoms with van der Waals surface area (Å²) in [4.78, 5) is 13.4. The van der Waals surface area contributed by atoms with Crippen molar-refractivity contribution < 1.29 is 23.7 Å². The van der Waals surface area contributed by atoms with Crippen LogP contribution in [0.3, 0.4) is 0 Å². The molecule has 0 bridgehead atoms. The minimum atomic E-state index is -1.69. The molecule has 144 valence electrons. The maximum atomic E-state index is 12.3. The lowest BCUT2D eigenvalue weighted by molar-refractivity contribution is -0.137. The summed E-state index contributed by atoms with van der Waals surface area (Å²) >= 11 is 0. The third kappa shape index (κ3) is 1.90. The molecule has 0 aromatic heterocycles. The second-order valence-corrected chi connectivity index (χ2v) is 10.5. The van der Waals surface area contributed by atoms with Crippen molar-refractivity contribution >= 4 is 16.2 Å². The van der Waals surface area contributed by atoms with Crippen LogP contribution in [0.1, 0.15) is 12.5 Å². The van der Waals surface area contributed by atoms with Gasteiger partial charge in [0.05, 0.1) is 10.5 Å². The fourth-order valence-electron chi connectivity index (χ4n) is 4.52. The van der Waals surface area contributed by atoms with Crippen LogP contribution in [0.5, 0.6) is 17.2 Å². The molecule has 4 aliphatic heterocycles. The zero-order valence-corrected chi connectivity index (χ0v) is 16.4. The van der Waals surface area contributed by atoms with E-state index in [-0.39, 0.29) is 12.8 Å². The van der Waals surface area contributed by atoms with Gasteiger partial charge in [-0.1, -0.05) is 30.3 Å². The van der Waals surface area contributed by atoms with E-state index in [1.165, 1.54) is 5.56 Å². The van der Waals surface area contributed by atoms with Crippen molar-refractivity contribution in [2.45, 2.75) is 23.7 Å². The molecule has 0 aliphatic carbocycles. The van der Waals surface area contributed by atoms with Gasteiger partial charge in [0.15, 0.2) is 17.3 Å². The first-order chi connectivity index (χ1) is 13.6. The first-order valence-electron chi connectivity index (χ1n) is 9.25. The van der Waals surface area contributed by atoms with Gasteiger partial charge in [-0.25, -0.2) is 4.79 Å². The Morgan fingerprint density at radius 2 is 1.89 bits per heavy atom. The SMILES string of the molecule is CC1=C2Oc3c4c(c(-c5ccccc5)c5c3S(C)(NCC5)C2OC1=O)OCO4. The fourth-order valence-corrected chi connectivity index (χ4v) is 7.72. The van der Waals surface area contributed by atoms with Crippen LogP contribution < -0.4 is 18.9 Å². The van der Waals surface area contributed by atoms with Gasteiger partial charge in [-0.15, -0.1) is 10.2 Å². The molecule has 7 heteroatoms. The number of esters is 1. The van der Waals surface area contributed by atoms with Gasteiger partial charge in [-0.2, -0.15) is 0 Å². The second-order valence-electron chi connectivity index (χ2n) is 7.40. The normalized spacial score (nSPS) is 28.8. The maximum Gasteiger partial charge on any atom is 0.338 e. The van der Waals surface area contributed by atoms with E-state index in [4.69, 9.17) is 18.9 Å². The molecule has 0 amide bonds. The van der Waals surface area contributed by atoms with E-state index in [2.05, 4.69) is 23.1 Å². The van der Waals surface area contributed by atoms with E-state index in [0.717, 1.165) is 34.7 Å². The molecule has 28 heavy (non-hydrogen) atoms. The van der Waals surface area contributed by atoms with Crippen molar-refractivity contribution in [1.29, 1.82) is 0 Å². The molecule has 1 N–H and O–H groups in total. The second kappa shape index (κ2) is 5.46. The number of fused-ring (bicyclic) bond motifs is 4. The number of carbonyl (C=O) groups is 1. The number of benzene rings is 2. The number of rotatable bonds is 1. The summed E-state index contributed by atoms with van der Waals surface area (Å²) in [6.45, 7) is 2.72.